The van der Waals surface area contributed by atoms with Crippen LogP contribution in [0.4, 0.5) is 11.6 Å². The van der Waals surface area contributed by atoms with Crippen molar-refractivity contribution >= 4 is 45.0 Å². The number of aromatic nitrogens is 8. The number of aromatic amines is 1. The minimum absolute atomic E-state index is 0.188. The van der Waals surface area contributed by atoms with Gasteiger partial charge in [0.1, 0.15) is 28.4 Å². The van der Waals surface area contributed by atoms with E-state index in [2.05, 4.69) is 111 Å². The Bertz CT molecular complexity index is 3030. The van der Waals surface area contributed by atoms with E-state index in [1.165, 1.54) is 31.2 Å². The van der Waals surface area contributed by atoms with Crippen molar-refractivity contribution in [3.63, 3.8) is 0 Å². The largest absolute Gasteiger partial charge is 0.377 e. The van der Waals surface area contributed by atoms with E-state index in [4.69, 9.17) is 44.2 Å². The van der Waals surface area contributed by atoms with Gasteiger partial charge in [0.15, 0.2) is 5.82 Å². The topological polar surface area (TPSA) is 138 Å². The second-order valence-electron chi connectivity index (χ2n) is 21.5. The summed E-state index contributed by atoms with van der Waals surface area (Å²) in [5, 5.41) is 14.4. The number of nitrogens with one attached hydrogen (secondary N) is 1. The van der Waals surface area contributed by atoms with E-state index in [1.54, 1.807) is 0 Å². The Kier molecular flexibility index (Phi) is 10.4. The molecule has 0 radical (unpaired) electrons. The number of H-pyrrole nitrogens is 1. The molecule has 8 fully saturated rings. The SMILES string of the molecule is Cc1nc(Cl)cc(N2CCN(C3(C)COC3)CC2)n1.[C-]#[N+][C@@]1(c2ccc3cn[nH]c3c2)CC12CC2.[C-]#[N+][C@@]1(c2ccc3cnn(-c4cc(N5CCN(C6(C)COC6)CC5)nc(C)n4)c3c2)CC12CC2. The molecule has 2 spiro atoms. The Morgan fingerprint density at radius 2 is 1.12 bits per heavy atom. The van der Waals surface area contributed by atoms with Crippen molar-refractivity contribution in [3.05, 3.63) is 112 Å². The number of hydrogen-bond donors (Lipinski definition) is 1. The van der Waals surface area contributed by atoms with E-state index in [1.807, 2.05) is 37.0 Å². The maximum absolute atomic E-state index is 7.89. The molecule has 0 unspecified atom stereocenters. The summed E-state index contributed by atoms with van der Waals surface area (Å²) in [5.41, 5.74) is 4.86. The minimum Gasteiger partial charge on any atom is -0.377 e. The number of fused-ring (bicyclic) bond motifs is 2. The molecule has 2 atom stereocenters. The highest BCUT2D eigenvalue weighted by Crippen LogP contribution is 2.80. The molecule has 6 aromatic rings. The molecule has 356 valence electrons. The van der Waals surface area contributed by atoms with Crippen molar-refractivity contribution in [2.24, 2.45) is 10.8 Å². The summed E-state index contributed by atoms with van der Waals surface area (Å²) >= 11 is 6.00. The molecule has 69 heavy (non-hydrogen) atoms. The fraction of sp³-hybridized carbons (Fsp3) is 0.538. The molecule has 1 N–H and O–H groups in total. The average molecular weight is 948 g/mol. The molecule has 4 saturated heterocycles. The third kappa shape index (κ3) is 7.53. The first-order valence-corrected chi connectivity index (χ1v) is 24.9. The van der Waals surface area contributed by atoms with E-state index in [9.17, 15) is 0 Å². The van der Waals surface area contributed by atoms with E-state index in [0.717, 1.165) is 148 Å². The lowest BCUT2D eigenvalue weighted by atomic mass is 9.97. The van der Waals surface area contributed by atoms with Crippen LogP contribution in [0.15, 0.2) is 60.9 Å². The lowest BCUT2D eigenvalue weighted by Gasteiger charge is -2.50. The van der Waals surface area contributed by atoms with Gasteiger partial charge in [-0.15, -0.1) is 0 Å². The zero-order chi connectivity index (χ0) is 47.4. The van der Waals surface area contributed by atoms with Gasteiger partial charge in [0.25, 0.3) is 11.1 Å². The van der Waals surface area contributed by atoms with Crippen LogP contribution in [0.2, 0.25) is 5.15 Å². The fourth-order valence-corrected chi connectivity index (χ4v) is 12.1. The third-order valence-corrected chi connectivity index (χ3v) is 17.2. The summed E-state index contributed by atoms with van der Waals surface area (Å²) in [5.74, 6) is 4.14. The molecule has 14 rings (SSSR count). The predicted octanol–water partition coefficient (Wildman–Crippen LogP) is 7.54. The van der Waals surface area contributed by atoms with Gasteiger partial charge in [-0.05, 0) is 65.5 Å². The monoisotopic (exact) mass is 946 g/mol. The average Bonchev–Trinajstić information content (AvgIpc) is 4.33. The van der Waals surface area contributed by atoms with Crippen molar-refractivity contribution in [2.75, 3.05) is 88.6 Å². The summed E-state index contributed by atoms with van der Waals surface area (Å²) < 4.78 is 12.7. The van der Waals surface area contributed by atoms with Crippen LogP contribution in [-0.2, 0) is 20.6 Å². The molecule has 0 amide bonds. The van der Waals surface area contributed by atoms with Gasteiger partial charge in [-0.1, -0.05) is 35.9 Å². The normalized spacial score (nSPS) is 26.4. The van der Waals surface area contributed by atoms with Gasteiger partial charge in [-0.3, -0.25) is 14.9 Å². The van der Waals surface area contributed by atoms with Crippen LogP contribution in [0.5, 0.6) is 0 Å². The number of anilines is 2. The van der Waals surface area contributed by atoms with Gasteiger partial charge in [0.2, 0.25) is 0 Å². The highest BCUT2D eigenvalue weighted by Gasteiger charge is 2.83. The number of piperazine rings is 2. The van der Waals surface area contributed by atoms with Crippen LogP contribution in [0, 0.1) is 37.8 Å². The van der Waals surface area contributed by atoms with Crippen molar-refractivity contribution in [1.82, 2.24) is 49.7 Å². The zero-order valence-corrected chi connectivity index (χ0v) is 40.8. The summed E-state index contributed by atoms with van der Waals surface area (Å²) in [7, 11) is 0. The molecule has 0 bridgehead atoms. The first kappa shape index (κ1) is 44.5. The lowest BCUT2D eigenvalue weighted by Crippen LogP contribution is -2.64. The maximum Gasteiger partial charge on any atom is 0.264 e. The number of rotatable bonds is 7. The molecule has 4 saturated carbocycles. The second-order valence-corrected chi connectivity index (χ2v) is 21.9. The maximum atomic E-state index is 7.89. The Labute approximate surface area is 408 Å². The van der Waals surface area contributed by atoms with Crippen molar-refractivity contribution in [3.8, 4) is 5.82 Å². The van der Waals surface area contributed by atoms with Crippen LogP contribution in [-0.4, -0.2) is 140 Å². The summed E-state index contributed by atoms with van der Waals surface area (Å²) in [6, 6.07) is 16.6. The van der Waals surface area contributed by atoms with Crippen LogP contribution >= 0.6 is 11.6 Å². The van der Waals surface area contributed by atoms with E-state index in [0.29, 0.717) is 10.6 Å². The van der Waals surface area contributed by atoms with Gasteiger partial charge in [-0.25, -0.2) is 37.8 Å². The van der Waals surface area contributed by atoms with Crippen molar-refractivity contribution < 1.29 is 9.47 Å². The van der Waals surface area contributed by atoms with Gasteiger partial charge < -0.3 is 29.0 Å². The number of benzene rings is 2. The number of hydrogen-bond acceptors (Lipinski definition) is 12. The second kappa shape index (κ2) is 16.2. The van der Waals surface area contributed by atoms with Crippen LogP contribution in [0.25, 0.3) is 37.3 Å². The number of aryl methyl sites for hydroxylation is 2. The lowest BCUT2D eigenvalue weighted by molar-refractivity contribution is -0.131. The Morgan fingerprint density at radius 1 is 0.609 bits per heavy atom. The van der Waals surface area contributed by atoms with E-state index >= 15 is 0 Å². The van der Waals surface area contributed by atoms with Crippen molar-refractivity contribution in [1.29, 1.82) is 0 Å². The van der Waals surface area contributed by atoms with Gasteiger partial charge >= 0.3 is 0 Å². The first-order valence-electron chi connectivity index (χ1n) is 24.5. The fourth-order valence-electron chi connectivity index (χ4n) is 11.9. The number of halogens is 1. The molecule has 8 heterocycles. The molecule has 4 aliphatic heterocycles. The van der Waals surface area contributed by atoms with Crippen LogP contribution in [0.1, 0.15) is 75.1 Å². The van der Waals surface area contributed by atoms with E-state index in [-0.39, 0.29) is 27.6 Å². The molecule has 2 aromatic carbocycles. The Morgan fingerprint density at radius 3 is 1.61 bits per heavy atom. The summed E-state index contributed by atoms with van der Waals surface area (Å²) in [6.07, 6.45) is 10.6. The molecule has 4 aliphatic carbocycles. The molecule has 8 aliphatic rings. The smallest absolute Gasteiger partial charge is 0.264 e. The minimum atomic E-state index is -0.329. The molecule has 17 heteroatoms. The standard InChI is InChI=1S/C26H29N7O.C13H19ClN4O.C13H11N3/c1-18-29-22(31-8-10-32(11-9-31)24(2)16-34-17-24)13-23(30-18)33-21-12-20(5-4-19(21)14-28-33)26(27-3)15-25(26)6-7-25;1-10-15-11(14)7-12(16-10)17-3-5-18(6-4-17)13(2)8-19-9-13;1-14-13(8-12(13)4-5-12)10-3-2-9-7-15-16-11(9)6-10/h4-5,12-14H,6-11,15-17H2,1-2H3;7H,3-6,8-9H2,1-2H3;2-3,6-7H,4-5,8H2,(H,15,16)/t26-;;13-/m1.1/s1. The van der Waals surface area contributed by atoms with Gasteiger partial charge in [-0.2, -0.15) is 10.2 Å². The first-order chi connectivity index (χ1) is 33.3. The van der Waals surface area contributed by atoms with Gasteiger partial charge in [0.05, 0.1) is 71.8 Å². The molecule has 16 nitrogen and oxygen atoms in total. The van der Waals surface area contributed by atoms with Crippen molar-refractivity contribution in [2.45, 2.75) is 88.4 Å². The molecule has 4 aromatic heterocycles. The van der Waals surface area contributed by atoms with Gasteiger partial charge in [0, 0.05) is 99.2 Å². The third-order valence-electron chi connectivity index (χ3n) is 17.0. The highest BCUT2D eigenvalue weighted by molar-refractivity contribution is 6.29. The molecular formula is C52H59ClN14O2. The Balaban J connectivity index is 0.000000118. The highest BCUT2D eigenvalue weighted by atomic mass is 35.5. The summed E-state index contributed by atoms with van der Waals surface area (Å²) in [6.45, 7) is 35.0. The molecular weight excluding hydrogens is 888 g/mol. The predicted molar refractivity (Wildman–Crippen MR) is 264 cm³/mol. The Hall–Kier alpha value is -5.75. The number of nitrogens with zero attached hydrogens (tertiary/aromatic N) is 13. The number of ether oxygens (including phenoxy) is 2. The quantitative estimate of drug-likeness (QED) is 0.125. The van der Waals surface area contributed by atoms with E-state index < -0.39 is 0 Å². The van der Waals surface area contributed by atoms with Crippen LogP contribution in [0.3, 0.4) is 0 Å². The zero-order valence-electron chi connectivity index (χ0n) is 40.0. The summed E-state index contributed by atoms with van der Waals surface area (Å²) in [4.78, 5) is 35.8. The van der Waals surface area contributed by atoms with Crippen LogP contribution < -0.4 is 9.80 Å².